The standard InChI is InChI=1S/C18H25N5O3S2/c1-13-5-6-14(2)16(10-13)28(25,26)23-8-3-4-15(11-23)17(24)19-7-9-27-18-20-12-21-22-18/h5-6,10,12,15H,3-4,7-9,11H2,1-2H3,(H,19,24)(H,20,21,22)/t15-/m1/s1. The van der Waals surface area contributed by atoms with Gasteiger partial charge in [-0.3, -0.25) is 9.89 Å². The van der Waals surface area contributed by atoms with Gasteiger partial charge in [0.2, 0.25) is 15.9 Å². The number of aryl methyl sites for hydroxylation is 2. The minimum atomic E-state index is -3.61. The molecule has 0 saturated carbocycles. The minimum Gasteiger partial charge on any atom is -0.355 e. The number of carbonyl (C=O) groups excluding carboxylic acids is 1. The SMILES string of the molecule is Cc1ccc(C)c(S(=O)(=O)N2CCC[C@@H](C(=O)NCCSc3ncn[nH]3)C2)c1. The number of rotatable bonds is 7. The first kappa shape index (κ1) is 20.8. The number of hydrogen-bond acceptors (Lipinski definition) is 6. The van der Waals surface area contributed by atoms with Gasteiger partial charge in [0, 0.05) is 25.4 Å². The molecule has 28 heavy (non-hydrogen) atoms. The molecular formula is C18H25N5O3S2. The van der Waals surface area contributed by atoms with Crippen LogP contribution in [-0.4, -0.2) is 59.2 Å². The molecule has 0 unspecified atom stereocenters. The lowest BCUT2D eigenvalue weighted by atomic mass is 9.99. The number of sulfonamides is 1. The lowest BCUT2D eigenvalue weighted by molar-refractivity contribution is -0.125. The Morgan fingerprint density at radius 2 is 2.21 bits per heavy atom. The lowest BCUT2D eigenvalue weighted by Crippen LogP contribution is -2.45. The van der Waals surface area contributed by atoms with Crippen molar-refractivity contribution in [3.05, 3.63) is 35.7 Å². The molecule has 0 bridgehead atoms. The van der Waals surface area contributed by atoms with E-state index in [2.05, 4.69) is 20.5 Å². The van der Waals surface area contributed by atoms with E-state index in [1.807, 2.05) is 19.1 Å². The topological polar surface area (TPSA) is 108 Å². The highest BCUT2D eigenvalue weighted by Crippen LogP contribution is 2.26. The zero-order chi connectivity index (χ0) is 20.1. The number of aromatic nitrogens is 3. The lowest BCUT2D eigenvalue weighted by Gasteiger charge is -2.31. The van der Waals surface area contributed by atoms with E-state index in [9.17, 15) is 13.2 Å². The second-order valence-corrected chi connectivity index (χ2v) is 9.89. The second-order valence-electron chi connectivity index (χ2n) is 6.90. The summed E-state index contributed by atoms with van der Waals surface area (Å²) in [5.41, 5.74) is 1.63. The van der Waals surface area contributed by atoms with Gasteiger partial charge >= 0.3 is 0 Å². The number of H-pyrrole nitrogens is 1. The Labute approximate surface area is 169 Å². The fourth-order valence-corrected chi connectivity index (χ4v) is 5.70. The second kappa shape index (κ2) is 9.06. The van der Waals surface area contributed by atoms with E-state index in [-0.39, 0.29) is 18.4 Å². The van der Waals surface area contributed by atoms with Gasteiger partial charge in [0.25, 0.3) is 0 Å². The maximum Gasteiger partial charge on any atom is 0.243 e. The average molecular weight is 424 g/mol. The van der Waals surface area contributed by atoms with Gasteiger partial charge in [-0.2, -0.15) is 9.40 Å². The first-order chi connectivity index (χ1) is 13.4. The van der Waals surface area contributed by atoms with Crippen LogP contribution in [0.3, 0.4) is 0 Å². The number of amides is 1. The van der Waals surface area contributed by atoms with E-state index in [0.29, 0.717) is 41.7 Å². The van der Waals surface area contributed by atoms with Crippen LogP contribution in [0.25, 0.3) is 0 Å². The van der Waals surface area contributed by atoms with Gasteiger partial charge in [0.15, 0.2) is 5.16 Å². The molecule has 0 aliphatic carbocycles. The first-order valence-corrected chi connectivity index (χ1v) is 11.6. The summed E-state index contributed by atoms with van der Waals surface area (Å²) in [6, 6.07) is 5.43. The van der Waals surface area contributed by atoms with Crippen LogP contribution in [0.15, 0.2) is 34.6 Å². The molecule has 1 aliphatic heterocycles. The molecule has 0 spiro atoms. The van der Waals surface area contributed by atoms with Crippen molar-refractivity contribution in [3.63, 3.8) is 0 Å². The summed E-state index contributed by atoms with van der Waals surface area (Å²) in [6.45, 7) is 4.83. The molecule has 2 heterocycles. The van der Waals surface area contributed by atoms with Crippen LogP contribution in [-0.2, 0) is 14.8 Å². The maximum atomic E-state index is 13.1. The van der Waals surface area contributed by atoms with Gasteiger partial charge in [-0.05, 0) is 43.9 Å². The van der Waals surface area contributed by atoms with Crippen molar-refractivity contribution in [2.75, 3.05) is 25.4 Å². The van der Waals surface area contributed by atoms with Crippen LogP contribution in [0.4, 0.5) is 0 Å². The number of aromatic amines is 1. The van der Waals surface area contributed by atoms with Crippen LogP contribution in [0.1, 0.15) is 24.0 Å². The highest BCUT2D eigenvalue weighted by Gasteiger charge is 2.33. The number of thioether (sulfide) groups is 1. The molecule has 3 rings (SSSR count). The maximum absolute atomic E-state index is 13.1. The van der Waals surface area contributed by atoms with Gasteiger partial charge in [-0.1, -0.05) is 23.9 Å². The van der Waals surface area contributed by atoms with Crippen LogP contribution in [0.2, 0.25) is 0 Å². The van der Waals surface area contributed by atoms with E-state index in [0.717, 1.165) is 11.1 Å². The fraction of sp³-hybridized carbons (Fsp3) is 0.500. The summed E-state index contributed by atoms with van der Waals surface area (Å²) in [7, 11) is -3.61. The molecule has 152 valence electrons. The third-order valence-corrected chi connectivity index (χ3v) is 7.63. The minimum absolute atomic E-state index is 0.0981. The number of hydrogen-bond donors (Lipinski definition) is 2. The number of carbonyl (C=O) groups is 1. The Balaban J connectivity index is 1.58. The van der Waals surface area contributed by atoms with E-state index in [1.165, 1.54) is 22.4 Å². The summed E-state index contributed by atoms with van der Waals surface area (Å²) >= 11 is 1.47. The molecule has 10 heteroatoms. The highest BCUT2D eigenvalue weighted by molar-refractivity contribution is 7.99. The van der Waals surface area contributed by atoms with Gasteiger partial charge < -0.3 is 5.32 Å². The van der Waals surface area contributed by atoms with Crippen molar-refractivity contribution in [3.8, 4) is 0 Å². The third kappa shape index (κ3) is 4.92. The monoisotopic (exact) mass is 423 g/mol. The number of piperidine rings is 1. The first-order valence-electron chi connectivity index (χ1n) is 9.21. The van der Waals surface area contributed by atoms with Crippen LogP contribution in [0.5, 0.6) is 0 Å². The zero-order valence-electron chi connectivity index (χ0n) is 16.0. The Morgan fingerprint density at radius 3 is 2.96 bits per heavy atom. The number of nitrogens with one attached hydrogen (secondary N) is 2. The van der Waals surface area contributed by atoms with Crippen molar-refractivity contribution in [1.29, 1.82) is 0 Å². The van der Waals surface area contributed by atoms with Gasteiger partial charge in [0.05, 0.1) is 10.8 Å². The summed E-state index contributed by atoms with van der Waals surface area (Å²) < 4.78 is 27.6. The summed E-state index contributed by atoms with van der Waals surface area (Å²) in [4.78, 5) is 16.9. The molecule has 0 radical (unpaired) electrons. The quantitative estimate of drug-likeness (QED) is 0.519. The molecule has 1 aliphatic rings. The normalized spacial score (nSPS) is 18.1. The molecule has 2 N–H and O–H groups in total. The molecule has 1 aromatic heterocycles. The van der Waals surface area contributed by atoms with E-state index in [4.69, 9.17) is 0 Å². The summed E-state index contributed by atoms with van der Waals surface area (Å²) in [6.07, 6.45) is 2.81. The van der Waals surface area contributed by atoms with Crippen molar-refractivity contribution in [2.24, 2.45) is 5.92 Å². The Morgan fingerprint density at radius 1 is 1.39 bits per heavy atom. The number of benzene rings is 1. The van der Waals surface area contributed by atoms with Gasteiger partial charge in [0.1, 0.15) is 6.33 Å². The zero-order valence-corrected chi connectivity index (χ0v) is 17.6. The van der Waals surface area contributed by atoms with Gasteiger partial charge in [-0.15, -0.1) is 0 Å². The molecule has 8 nitrogen and oxygen atoms in total. The average Bonchev–Trinajstić information content (AvgIpc) is 3.20. The van der Waals surface area contributed by atoms with E-state index in [1.54, 1.807) is 13.0 Å². The Hall–Kier alpha value is -1.91. The van der Waals surface area contributed by atoms with Gasteiger partial charge in [-0.25, -0.2) is 13.4 Å². The molecule has 2 aromatic rings. The molecule has 1 aromatic carbocycles. The van der Waals surface area contributed by atoms with Crippen LogP contribution >= 0.6 is 11.8 Å². The van der Waals surface area contributed by atoms with Crippen molar-refractivity contribution in [1.82, 2.24) is 24.8 Å². The Bertz CT molecular complexity index is 915. The number of nitrogens with zero attached hydrogens (tertiary/aromatic N) is 3. The summed E-state index contributed by atoms with van der Waals surface area (Å²) in [5, 5.41) is 10.1. The fourth-order valence-electron chi connectivity index (χ4n) is 3.23. The summed E-state index contributed by atoms with van der Waals surface area (Å²) in [5.74, 6) is 0.237. The molecule has 1 saturated heterocycles. The molecular weight excluding hydrogens is 398 g/mol. The van der Waals surface area contributed by atoms with Crippen LogP contribution < -0.4 is 5.32 Å². The van der Waals surface area contributed by atoms with Crippen molar-refractivity contribution in [2.45, 2.75) is 36.7 Å². The van der Waals surface area contributed by atoms with E-state index >= 15 is 0 Å². The van der Waals surface area contributed by atoms with Crippen molar-refractivity contribution >= 4 is 27.7 Å². The van der Waals surface area contributed by atoms with E-state index < -0.39 is 10.0 Å². The predicted octanol–water partition coefficient (Wildman–Crippen LogP) is 1.73. The molecule has 1 atom stereocenters. The largest absolute Gasteiger partial charge is 0.355 e. The third-order valence-electron chi connectivity index (χ3n) is 4.75. The highest BCUT2D eigenvalue weighted by atomic mass is 32.2. The van der Waals surface area contributed by atoms with Crippen LogP contribution in [0, 0.1) is 19.8 Å². The molecule has 1 amide bonds. The Kier molecular flexibility index (Phi) is 6.73. The predicted molar refractivity (Wildman–Crippen MR) is 108 cm³/mol. The molecule has 1 fully saturated rings. The van der Waals surface area contributed by atoms with Crippen molar-refractivity contribution < 1.29 is 13.2 Å². The smallest absolute Gasteiger partial charge is 0.243 e.